The molecule has 3 heterocycles. The van der Waals surface area contributed by atoms with E-state index < -0.39 is 0 Å². The molecule has 25 heavy (non-hydrogen) atoms. The summed E-state index contributed by atoms with van der Waals surface area (Å²) >= 11 is 3.61. The molecule has 0 amide bonds. The van der Waals surface area contributed by atoms with Gasteiger partial charge in [-0.3, -0.25) is 9.89 Å². The van der Waals surface area contributed by atoms with E-state index in [0.29, 0.717) is 12.0 Å². The fraction of sp³-hybridized carbons (Fsp3) is 0.526. The topological polar surface area (TPSA) is 39.7 Å². The average Bonchev–Trinajstić information content (AvgIpc) is 3.40. The Morgan fingerprint density at radius 1 is 1.20 bits per heavy atom. The Labute approximate surface area is 159 Å². The summed E-state index contributed by atoms with van der Waals surface area (Å²) in [6.45, 7) is 6.44. The van der Waals surface area contributed by atoms with Crippen molar-refractivity contribution in [1.82, 2.24) is 15.5 Å². The van der Waals surface area contributed by atoms with Gasteiger partial charge < -0.3 is 10.6 Å². The van der Waals surface area contributed by atoms with E-state index in [4.69, 9.17) is 0 Å². The summed E-state index contributed by atoms with van der Waals surface area (Å²) in [7, 11) is 1.85. The third-order valence-electron chi connectivity index (χ3n) is 4.83. The predicted molar refractivity (Wildman–Crippen MR) is 110 cm³/mol. The maximum atomic E-state index is 4.40. The van der Waals surface area contributed by atoms with Crippen LogP contribution < -0.4 is 10.6 Å². The first kappa shape index (κ1) is 18.4. The standard InChI is InChI=1S/C19H28N4S2/c1-15(16-7-11-24-14-16)12-21-19(20-2)22-13-17(18-6-5-10-25-18)23-8-3-4-9-23/h5-7,10-11,14-15,17H,3-4,8-9,12-13H2,1-2H3,(H2,20,21,22). The molecule has 3 rings (SSSR count). The third kappa shape index (κ3) is 5.06. The summed E-state index contributed by atoms with van der Waals surface area (Å²) in [5.41, 5.74) is 1.39. The summed E-state index contributed by atoms with van der Waals surface area (Å²) in [6.07, 6.45) is 2.63. The first-order valence-electron chi connectivity index (χ1n) is 9.02. The third-order valence-corrected chi connectivity index (χ3v) is 6.50. The number of likely N-dealkylation sites (tertiary alicyclic amines) is 1. The van der Waals surface area contributed by atoms with Gasteiger partial charge in [-0.1, -0.05) is 13.0 Å². The maximum absolute atomic E-state index is 4.40. The van der Waals surface area contributed by atoms with Crippen LogP contribution in [0.15, 0.2) is 39.3 Å². The molecule has 1 saturated heterocycles. The second kappa shape index (κ2) is 9.36. The van der Waals surface area contributed by atoms with Gasteiger partial charge >= 0.3 is 0 Å². The summed E-state index contributed by atoms with van der Waals surface area (Å²) in [5.74, 6) is 1.37. The fourth-order valence-corrected chi connectivity index (χ4v) is 4.92. The molecule has 2 N–H and O–H groups in total. The van der Waals surface area contributed by atoms with Gasteiger partial charge in [0.2, 0.25) is 0 Å². The van der Waals surface area contributed by atoms with E-state index in [1.54, 1.807) is 11.3 Å². The molecular formula is C19H28N4S2. The molecule has 4 nitrogen and oxygen atoms in total. The largest absolute Gasteiger partial charge is 0.356 e. The van der Waals surface area contributed by atoms with E-state index in [0.717, 1.165) is 19.0 Å². The highest BCUT2D eigenvalue weighted by molar-refractivity contribution is 7.10. The molecule has 136 valence electrons. The molecule has 0 aliphatic carbocycles. The molecule has 0 bridgehead atoms. The van der Waals surface area contributed by atoms with E-state index in [9.17, 15) is 0 Å². The molecule has 0 saturated carbocycles. The van der Waals surface area contributed by atoms with Crippen molar-refractivity contribution in [2.45, 2.75) is 31.7 Å². The predicted octanol–water partition coefficient (Wildman–Crippen LogP) is 3.92. The lowest BCUT2D eigenvalue weighted by molar-refractivity contribution is 0.249. The van der Waals surface area contributed by atoms with Crippen LogP contribution in [-0.2, 0) is 0 Å². The normalized spacial score (nSPS) is 18.2. The minimum atomic E-state index is 0.440. The van der Waals surface area contributed by atoms with Gasteiger partial charge in [0, 0.05) is 25.0 Å². The van der Waals surface area contributed by atoms with Gasteiger partial charge in [0.25, 0.3) is 0 Å². The van der Waals surface area contributed by atoms with Crippen LogP contribution in [0, 0.1) is 0 Å². The number of guanidine groups is 1. The minimum Gasteiger partial charge on any atom is -0.356 e. The highest BCUT2D eigenvalue weighted by Crippen LogP contribution is 2.27. The zero-order valence-electron chi connectivity index (χ0n) is 15.1. The molecule has 2 unspecified atom stereocenters. The van der Waals surface area contributed by atoms with Gasteiger partial charge in [-0.05, 0) is 65.7 Å². The number of rotatable bonds is 7. The van der Waals surface area contributed by atoms with E-state index in [2.05, 4.69) is 61.8 Å². The second-order valence-corrected chi connectivity index (χ2v) is 8.33. The van der Waals surface area contributed by atoms with Crippen LogP contribution in [0.25, 0.3) is 0 Å². The second-order valence-electron chi connectivity index (χ2n) is 6.57. The summed E-state index contributed by atoms with van der Waals surface area (Å²) < 4.78 is 0. The van der Waals surface area contributed by atoms with Crippen LogP contribution in [-0.4, -0.2) is 44.1 Å². The van der Waals surface area contributed by atoms with Crippen molar-refractivity contribution in [3.8, 4) is 0 Å². The number of aliphatic imine (C=N–C) groups is 1. The van der Waals surface area contributed by atoms with E-state index >= 15 is 0 Å². The highest BCUT2D eigenvalue weighted by atomic mass is 32.1. The lowest BCUT2D eigenvalue weighted by Gasteiger charge is -2.27. The van der Waals surface area contributed by atoms with E-state index in [1.165, 1.54) is 36.4 Å². The van der Waals surface area contributed by atoms with Crippen molar-refractivity contribution in [2.24, 2.45) is 4.99 Å². The smallest absolute Gasteiger partial charge is 0.191 e. The van der Waals surface area contributed by atoms with E-state index in [-0.39, 0.29) is 0 Å². The van der Waals surface area contributed by atoms with Gasteiger partial charge in [0.15, 0.2) is 5.96 Å². The number of hydrogen-bond acceptors (Lipinski definition) is 4. The molecule has 1 fully saturated rings. The van der Waals surface area contributed by atoms with Crippen molar-refractivity contribution >= 4 is 28.6 Å². The van der Waals surface area contributed by atoms with Gasteiger partial charge in [0.1, 0.15) is 0 Å². The van der Waals surface area contributed by atoms with Crippen molar-refractivity contribution in [3.63, 3.8) is 0 Å². The summed E-state index contributed by atoms with van der Waals surface area (Å²) in [5, 5.41) is 13.6. The van der Waals surface area contributed by atoms with Gasteiger partial charge in [-0.25, -0.2) is 0 Å². The Hall–Kier alpha value is -1.37. The molecule has 2 atom stereocenters. The fourth-order valence-electron chi connectivity index (χ4n) is 3.28. The number of hydrogen-bond donors (Lipinski definition) is 2. The molecule has 1 aliphatic rings. The molecule has 0 radical (unpaired) electrons. The summed E-state index contributed by atoms with van der Waals surface area (Å²) in [6, 6.07) is 7.05. The first-order chi connectivity index (χ1) is 12.3. The molecule has 2 aromatic heterocycles. The maximum Gasteiger partial charge on any atom is 0.191 e. The lowest BCUT2D eigenvalue weighted by Crippen LogP contribution is -2.43. The van der Waals surface area contributed by atoms with Crippen LogP contribution in [0.3, 0.4) is 0 Å². The molecular weight excluding hydrogens is 348 g/mol. The van der Waals surface area contributed by atoms with Crippen molar-refractivity contribution < 1.29 is 0 Å². The molecule has 6 heteroatoms. The SMILES string of the molecule is CN=C(NCC(C)c1ccsc1)NCC(c1cccs1)N1CCCC1. The number of thiophene rings is 2. The van der Waals surface area contributed by atoms with Gasteiger partial charge in [-0.15, -0.1) is 11.3 Å². The summed E-state index contributed by atoms with van der Waals surface area (Å²) in [4.78, 5) is 8.44. The van der Waals surface area contributed by atoms with Crippen molar-refractivity contribution in [3.05, 3.63) is 44.8 Å². The van der Waals surface area contributed by atoms with Gasteiger partial charge in [-0.2, -0.15) is 11.3 Å². The zero-order chi connectivity index (χ0) is 17.5. The Morgan fingerprint density at radius 3 is 2.64 bits per heavy atom. The number of nitrogens with one attached hydrogen (secondary N) is 2. The van der Waals surface area contributed by atoms with E-state index in [1.807, 2.05) is 18.4 Å². The van der Waals surface area contributed by atoms with Crippen molar-refractivity contribution in [1.29, 1.82) is 0 Å². The quantitative estimate of drug-likeness (QED) is 0.568. The Balaban J connectivity index is 1.53. The molecule has 1 aliphatic heterocycles. The molecule has 0 aromatic carbocycles. The van der Waals surface area contributed by atoms with Crippen molar-refractivity contribution in [2.75, 3.05) is 33.2 Å². The molecule has 2 aromatic rings. The monoisotopic (exact) mass is 376 g/mol. The van der Waals surface area contributed by atoms with Gasteiger partial charge in [0.05, 0.1) is 6.04 Å². The average molecular weight is 377 g/mol. The lowest BCUT2D eigenvalue weighted by atomic mass is 10.1. The van der Waals surface area contributed by atoms with Crippen LogP contribution in [0.4, 0.5) is 0 Å². The number of nitrogens with zero attached hydrogens (tertiary/aromatic N) is 2. The van der Waals surface area contributed by atoms with Crippen LogP contribution in [0.2, 0.25) is 0 Å². The first-order valence-corrected chi connectivity index (χ1v) is 10.8. The Kier molecular flexibility index (Phi) is 6.90. The van der Waals surface area contributed by atoms with Crippen LogP contribution in [0.1, 0.15) is 42.2 Å². The highest BCUT2D eigenvalue weighted by Gasteiger charge is 2.24. The van der Waals surface area contributed by atoms with Crippen LogP contribution >= 0.6 is 22.7 Å². The molecule has 0 spiro atoms. The minimum absolute atomic E-state index is 0.440. The van der Waals surface area contributed by atoms with Crippen LogP contribution in [0.5, 0.6) is 0 Å². The Morgan fingerprint density at radius 2 is 2.00 bits per heavy atom. The Bertz CT molecular complexity index is 630. The zero-order valence-corrected chi connectivity index (χ0v) is 16.7.